The molecule has 1 fully saturated rings. The lowest BCUT2D eigenvalue weighted by Gasteiger charge is -2.28. The number of nitrogens with one attached hydrogen (secondary N) is 2. The van der Waals surface area contributed by atoms with E-state index in [1.54, 1.807) is 12.4 Å². The molecule has 1 aliphatic rings. The van der Waals surface area contributed by atoms with Crippen molar-refractivity contribution in [3.05, 3.63) is 42.9 Å². The minimum absolute atomic E-state index is 0.571. The predicted octanol–water partition coefficient (Wildman–Crippen LogP) is 3.42. The number of benzene rings is 1. The lowest BCUT2D eigenvalue weighted by molar-refractivity contribution is 0.159. The second kappa shape index (κ2) is 7.11. The molecule has 0 amide bonds. The first-order valence-corrected chi connectivity index (χ1v) is 8.74. The van der Waals surface area contributed by atoms with E-state index >= 15 is 0 Å². The van der Waals surface area contributed by atoms with Crippen LogP contribution in [0.3, 0.4) is 0 Å². The van der Waals surface area contributed by atoms with E-state index in [0.29, 0.717) is 11.9 Å². The first-order chi connectivity index (χ1) is 12.3. The molecule has 4 rings (SSSR count). The van der Waals surface area contributed by atoms with Crippen molar-refractivity contribution in [2.75, 3.05) is 32.1 Å². The highest BCUT2D eigenvalue weighted by Crippen LogP contribution is 2.21. The normalized spacial score (nSPS) is 16.2. The first-order valence-electron chi connectivity index (χ1n) is 8.74. The molecule has 3 heterocycles. The monoisotopic (exact) mass is 337 g/mol. The number of hydrogen-bond acceptors (Lipinski definition) is 5. The van der Waals surface area contributed by atoms with Crippen molar-refractivity contribution in [1.82, 2.24) is 19.9 Å². The van der Waals surface area contributed by atoms with Gasteiger partial charge in [-0.1, -0.05) is 0 Å². The Balaban J connectivity index is 1.33. The molecule has 0 spiro atoms. The second-order valence-corrected chi connectivity index (χ2v) is 6.70. The van der Waals surface area contributed by atoms with Gasteiger partial charge in [0.15, 0.2) is 5.75 Å². The Kier molecular flexibility index (Phi) is 4.52. The Bertz CT molecular complexity index is 821. The van der Waals surface area contributed by atoms with Crippen LogP contribution in [0, 0.1) is 5.92 Å². The molecule has 0 radical (unpaired) electrons. The van der Waals surface area contributed by atoms with Gasteiger partial charge in [0.05, 0.1) is 19.0 Å². The number of hydrogen-bond donors (Lipinski definition) is 2. The zero-order valence-corrected chi connectivity index (χ0v) is 14.4. The number of ether oxygens (including phenoxy) is 1. The third-order valence-electron chi connectivity index (χ3n) is 4.76. The third-order valence-corrected chi connectivity index (χ3v) is 4.76. The van der Waals surface area contributed by atoms with Crippen LogP contribution in [0.1, 0.15) is 12.8 Å². The summed E-state index contributed by atoms with van der Waals surface area (Å²) >= 11 is 0. The maximum atomic E-state index is 5.86. The van der Waals surface area contributed by atoms with Crippen molar-refractivity contribution in [3.8, 4) is 5.75 Å². The van der Waals surface area contributed by atoms with Crippen molar-refractivity contribution in [2.24, 2.45) is 5.92 Å². The predicted molar refractivity (Wildman–Crippen MR) is 99.3 cm³/mol. The molecule has 3 aromatic rings. The fourth-order valence-electron chi connectivity index (χ4n) is 3.16. The molecule has 0 bridgehead atoms. The maximum Gasteiger partial charge on any atom is 0.227 e. The fourth-order valence-corrected chi connectivity index (χ4v) is 3.16. The standard InChI is InChI=1S/C19H23N5O/c1-24-8-5-14(6-9-24)13-25-17-11-21-19(22-12-17)23-16-2-3-18-15(10-16)4-7-20-18/h2-4,7,10-12,14,20H,5-6,8-9,13H2,1H3,(H,21,22,23). The van der Waals surface area contributed by atoms with Crippen molar-refractivity contribution in [2.45, 2.75) is 12.8 Å². The molecule has 1 saturated heterocycles. The van der Waals surface area contributed by atoms with Crippen LogP contribution in [0.4, 0.5) is 11.6 Å². The summed E-state index contributed by atoms with van der Waals surface area (Å²) in [5.41, 5.74) is 2.08. The summed E-state index contributed by atoms with van der Waals surface area (Å²) in [5, 5.41) is 4.38. The number of rotatable bonds is 5. The molecule has 6 heteroatoms. The molecule has 1 aromatic carbocycles. The summed E-state index contributed by atoms with van der Waals surface area (Å²) in [6.07, 6.45) is 7.79. The first kappa shape index (κ1) is 15.9. The number of likely N-dealkylation sites (tertiary alicyclic amines) is 1. The van der Waals surface area contributed by atoms with Gasteiger partial charge < -0.3 is 19.9 Å². The molecule has 0 unspecified atom stereocenters. The van der Waals surface area contributed by atoms with E-state index in [-0.39, 0.29) is 0 Å². The Hall–Kier alpha value is -2.60. The highest BCUT2D eigenvalue weighted by Gasteiger charge is 2.17. The second-order valence-electron chi connectivity index (χ2n) is 6.70. The van der Waals surface area contributed by atoms with Gasteiger partial charge in [-0.25, -0.2) is 9.97 Å². The van der Waals surface area contributed by atoms with Gasteiger partial charge in [-0.05, 0) is 63.2 Å². The smallest absolute Gasteiger partial charge is 0.227 e. The lowest BCUT2D eigenvalue weighted by Crippen LogP contribution is -2.32. The summed E-state index contributed by atoms with van der Waals surface area (Å²) in [6.45, 7) is 3.05. The van der Waals surface area contributed by atoms with Crippen LogP contribution >= 0.6 is 0 Å². The van der Waals surface area contributed by atoms with Crippen molar-refractivity contribution in [3.63, 3.8) is 0 Å². The number of fused-ring (bicyclic) bond motifs is 1. The van der Waals surface area contributed by atoms with E-state index in [4.69, 9.17) is 4.74 Å². The summed E-state index contributed by atoms with van der Waals surface area (Å²) in [7, 11) is 2.17. The van der Waals surface area contributed by atoms with Gasteiger partial charge in [-0.15, -0.1) is 0 Å². The Morgan fingerprint density at radius 3 is 2.80 bits per heavy atom. The van der Waals surface area contributed by atoms with Gasteiger partial charge in [0.2, 0.25) is 5.95 Å². The molecular formula is C19H23N5O. The van der Waals surface area contributed by atoms with E-state index in [1.165, 1.54) is 12.8 Å². The van der Waals surface area contributed by atoms with Crippen LogP contribution in [-0.4, -0.2) is 46.6 Å². The highest BCUT2D eigenvalue weighted by molar-refractivity contribution is 5.83. The number of H-pyrrole nitrogens is 1. The number of piperidine rings is 1. The average Bonchev–Trinajstić information content (AvgIpc) is 3.10. The van der Waals surface area contributed by atoms with Gasteiger partial charge in [0.1, 0.15) is 0 Å². The minimum atomic E-state index is 0.571. The van der Waals surface area contributed by atoms with Crippen LogP contribution in [-0.2, 0) is 0 Å². The van der Waals surface area contributed by atoms with Crippen LogP contribution in [0.25, 0.3) is 10.9 Å². The van der Waals surface area contributed by atoms with Crippen molar-refractivity contribution >= 4 is 22.5 Å². The summed E-state index contributed by atoms with van der Waals surface area (Å²) in [5.74, 6) is 1.93. The molecule has 2 N–H and O–H groups in total. The van der Waals surface area contributed by atoms with Gasteiger partial charge in [0.25, 0.3) is 0 Å². The number of nitrogens with zero attached hydrogens (tertiary/aromatic N) is 3. The largest absolute Gasteiger partial charge is 0.490 e. The number of aromatic amines is 1. The molecule has 25 heavy (non-hydrogen) atoms. The van der Waals surface area contributed by atoms with E-state index in [1.807, 2.05) is 24.4 Å². The molecule has 130 valence electrons. The molecule has 6 nitrogen and oxygen atoms in total. The summed E-state index contributed by atoms with van der Waals surface area (Å²) in [4.78, 5) is 14.3. The van der Waals surface area contributed by atoms with Gasteiger partial charge in [-0.3, -0.25) is 0 Å². The Labute approximate surface area is 147 Å². The summed E-state index contributed by atoms with van der Waals surface area (Å²) in [6, 6.07) is 8.16. The van der Waals surface area contributed by atoms with Crippen molar-refractivity contribution < 1.29 is 4.74 Å². The van der Waals surface area contributed by atoms with E-state index in [2.05, 4.69) is 38.3 Å². The third kappa shape index (κ3) is 3.91. The summed E-state index contributed by atoms with van der Waals surface area (Å²) < 4.78 is 5.86. The maximum absolute atomic E-state index is 5.86. The molecule has 1 aliphatic heterocycles. The van der Waals surface area contributed by atoms with Crippen LogP contribution in [0.15, 0.2) is 42.9 Å². The zero-order chi connectivity index (χ0) is 17.1. The minimum Gasteiger partial charge on any atom is -0.490 e. The lowest BCUT2D eigenvalue weighted by atomic mass is 9.98. The van der Waals surface area contributed by atoms with Crippen LogP contribution in [0.5, 0.6) is 5.75 Å². The number of anilines is 2. The SMILES string of the molecule is CN1CCC(COc2cnc(Nc3ccc4[nH]ccc4c3)nc2)CC1. The highest BCUT2D eigenvalue weighted by atomic mass is 16.5. The van der Waals surface area contributed by atoms with Gasteiger partial charge in [-0.2, -0.15) is 0 Å². The molecule has 0 saturated carbocycles. The van der Waals surface area contributed by atoms with Gasteiger partial charge in [0, 0.05) is 22.8 Å². The molecular weight excluding hydrogens is 314 g/mol. The van der Waals surface area contributed by atoms with Crippen molar-refractivity contribution in [1.29, 1.82) is 0 Å². The zero-order valence-electron chi connectivity index (χ0n) is 14.4. The van der Waals surface area contributed by atoms with Crippen LogP contribution in [0.2, 0.25) is 0 Å². The fraction of sp³-hybridized carbons (Fsp3) is 0.368. The van der Waals surface area contributed by atoms with Crippen LogP contribution < -0.4 is 10.1 Å². The topological polar surface area (TPSA) is 66.1 Å². The molecule has 0 aliphatic carbocycles. The molecule has 0 atom stereocenters. The Morgan fingerprint density at radius 2 is 2.00 bits per heavy atom. The van der Waals surface area contributed by atoms with Gasteiger partial charge >= 0.3 is 0 Å². The Morgan fingerprint density at radius 1 is 1.20 bits per heavy atom. The van der Waals surface area contributed by atoms with E-state index in [9.17, 15) is 0 Å². The van der Waals surface area contributed by atoms with E-state index in [0.717, 1.165) is 42.0 Å². The quantitative estimate of drug-likeness (QED) is 0.747. The van der Waals surface area contributed by atoms with E-state index < -0.39 is 0 Å². The number of aromatic nitrogens is 3. The average molecular weight is 337 g/mol. The molecule has 2 aromatic heterocycles.